The Balaban J connectivity index is 1.96. The van der Waals surface area contributed by atoms with Crippen LogP contribution in [0.1, 0.15) is 29.8 Å². The van der Waals surface area contributed by atoms with Gasteiger partial charge in [0.15, 0.2) is 11.9 Å². The highest BCUT2D eigenvalue weighted by atomic mass is 32.2. The number of hydrogen-bond acceptors (Lipinski definition) is 3. The lowest BCUT2D eigenvalue weighted by molar-refractivity contribution is 0.0872. The Kier molecular flexibility index (Phi) is 3.64. The maximum absolute atomic E-state index is 12.5. The zero-order valence-electron chi connectivity index (χ0n) is 11.5. The first kappa shape index (κ1) is 13.4. The second-order valence-corrected chi connectivity index (χ2v) is 6.50. The molecule has 0 amide bonds. The van der Waals surface area contributed by atoms with Gasteiger partial charge in [-0.1, -0.05) is 44.2 Å². The van der Waals surface area contributed by atoms with Crippen molar-refractivity contribution < 1.29 is 8.98 Å². The van der Waals surface area contributed by atoms with Crippen molar-refractivity contribution in [1.82, 2.24) is 0 Å². The summed E-state index contributed by atoms with van der Waals surface area (Å²) >= 11 is 1.35. The normalized spacial score (nSPS) is 17.8. The fourth-order valence-corrected chi connectivity index (χ4v) is 2.78. The van der Waals surface area contributed by atoms with Gasteiger partial charge in [0, 0.05) is 10.8 Å². The molecule has 102 valence electrons. The number of ketones is 1. The molecule has 1 aliphatic rings. The van der Waals surface area contributed by atoms with Crippen LogP contribution in [-0.2, 0) is 4.18 Å². The minimum Gasteiger partial charge on any atom is -0.299 e. The van der Waals surface area contributed by atoms with E-state index in [-0.39, 0.29) is 5.78 Å². The average Bonchev–Trinajstić information content (AvgIpc) is 2.45. The zero-order chi connectivity index (χ0) is 14.1. The predicted octanol–water partition coefficient (Wildman–Crippen LogP) is 4.49. The summed E-state index contributed by atoms with van der Waals surface area (Å²) < 4.78 is 5.61. The number of Topliss-reactive ketones (excluding diaryl/α,β-unsaturated/α-hetero) is 1. The van der Waals surface area contributed by atoms with Crippen LogP contribution < -0.4 is 0 Å². The number of carbonyl (C=O) groups is 1. The molecule has 0 aromatic heterocycles. The second kappa shape index (κ2) is 5.43. The Bertz CT molecular complexity index is 688. The van der Waals surface area contributed by atoms with Crippen LogP contribution in [0.15, 0.2) is 42.5 Å². The van der Waals surface area contributed by atoms with Crippen molar-refractivity contribution in [3.05, 3.63) is 53.6 Å². The lowest BCUT2D eigenvalue weighted by Gasteiger charge is -2.19. The van der Waals surface area contributed by atoms with E-state index in [1.165, 1.54) is 12.0 Å². The average molecular weight is 284 g/mol. The van der Waals surface area contributed by atoms with Crippen molar-refractivity contribution in [2.45, 2.75) is 25.2 Å². The van der Waals surface area contributed by atoms with Gasteiger partial charge < -0.3 is 0 Å². The van der Waals surface area contributed by atoms with Crippen molar-refractivity contribution >= 4 is 34.7 Å². The molecule has 2 aromatic rings. The summed E-state index contributed by atoms with van der Waals surface area (Å²) in [5.74, 6) is 0.0430. The highest BCUT2D eigenvalue weighted by Crippen LogP contribution is 2.28. The van der Waals surface area contributed by atoms with Crippen LogP contribution in [0, 0.1) is 0 Å². The highest BCUT2D eigenvalue weighted by molar-refractivity contribution is 7.95. The molecular weight excluding hydrogens is 268 g/mol. The summed E-state index contributed by atoms with van der Waals surface area (Å²) in [5.41, 5.74) is 1.73. The molecule has 0 fully saturated rings. The third kappa shape index (κ3) is 2.51. The molecule has 3 rings (SSSR count). The van der Waals surface area contributed by atoms with Crippen molar-refractivity contribution in [1.29, 1.82) is 0 Å². The molecule has 0 aliphatic heterocycles. The minimum absolute atomic E-state index is 0.0430. The van der Waals surface area contributed by atoms with Crippen LogP contribution in [0.25, 0.3) is 16.8 Å². The summed E-state index contributed by atoms with van der Waals surface area (Å²) in [4.78, 5) is 12.5. The molecule has 0 saturated heterocycles. The van der Waals surface area contributed by atoms with Gasteiger partial charge >= 0.3 is 0 Å². The topological polar surface area (TPSA) is 26.3 Å². The summed E-state index contributed by atoms with van der Waals surface area (Å²) in [7, 11) is 0. The lowest BCUT2D eigenvalue weighted by Crippen LogP contribution is -2.24. The van der Waals surface area contributed by atoms with Gasteiger partial charge in [0.2, 0.25) is 0 Å². The monoisotopic (exact) mass is 284 g/mol. The number of hydrogen-bond donors (Lipinski definition) is 0. The molecule has 1 unspecified atom stereocenters. The molecule has 1 atom stereocenters. The molecule has 20 heavy (non-hydrogen) atoms. The molecule has 0 radical (unpaired) electrons. The summed E-state index contributed by atoms with van der Waals surface area (Å²) in [5, 5.41) is 2.58. The van der Waals surface area contributed by atoms with Crippen molar-refractivity contribution in [3.8, 4) is 0 Å². The third-order valence-corrected chi connectivity index (χ3v) is 3.95. The minimum atomic E-state index is -0.476. The molecule has 2 aromatic carbocycles. The van der Waals surface area contributed by atoms with Crippen LogP contribution in [0.4, 0.5) is 0 Å². The van der Waals surface area contributed by atoms with Crippen LogP contribution in [0.5, 0.6) is 0 Å². The molecule has 0 saturated carbocycles. The molecule has 0 heterocycles. The fraction of sp³-hybridized carbons (Fsp3) is 0.235. The largest absolute Gasteiger partial charge is 0.299 e. The van der Waals surface area contributed by atoms with E-state index in [9.17, 15) is 4.79 Å². The summed E-state index contributed by atoms with van der Waals surface area (Å²) in [6.45, 7) is 4.09. The van der Waals surface area contributed by atoms with E-state index in [1.807, 2.05) is 50.3 Å². The van der Waals surface area contributed by atoms with Gasteiger partial charge in [0.25, 0.3) is 0 Å². The van der Waals surface area contributed by atoms with Gasteiger partial charge in [-0.25, -0.2) is 0 Å². The number of carbonyl (C=O) groups excluding carboxylic acids is 1. The van der Waals surface area contributed by atoms with Gasteiger partial charge in [-0.05, 0) is 46.6 Å². The van der Waals surface area contributed by atoms with Gasteiger partial charge in [-0.15, -0.1) is 0 Å². The third-order valence-electron chi connectivity index (χ3n) is 3.24. The van der Waals surface area contributed by atoms with Gasteiger partial charge in [-0.3, -0.25) is 8.98 Å². The Hall–Kier alpha value is -1.58. The molecular formula is C17H16O2S. The van der Waals surface area contributed by atoms with E-state index in [1.54, 1.807) is 0 Å². The molecule has 1 aliphatic carbocycles. The number of benzene rings is 2. The van der Waals surface area contributed by atoms with Crippen molar-refractivity contribution in [3.63, 3.8) is 0 Å². The molecule has 0 N–H and O–H groups in total. The standard InChI is InChI=1S/C17H16O2S/c1-11(2)20-19-16-8-7-14-9-12-5-3-4-6-13(12)10-15(14)17(16)18/h3-11,16H,1-2H3. The Morgan fingerprint density at radius 2 is 1.85 bits per heavy atom. The van der Waals surface area contributed by atoms with E-state index >= 15 is 0 Å². The Labute approximate surface area is 123 Å². The quantitative estimate of drug-likeness (QED) is 0.777. The van der Waals surface area contributed by atoms with Gasteiger partial charge in [0.05, 0.1) is 0 Å². The van der Waals surface area contributed by atoms with E-state index in [4.69, 9.17) is 4.18 Å². The van der Waals surface area contributed by atoms with Crippen LogP contribution in [0.2, 0.25) is 0 Å². The smallest absolute Gasteiger partial charge is 0.197 e. The van der Waals surface area contributed by atoms with E-state index in [2.05, 4.69) is 12.1 Å². The van der Waals surface area contributed by atoms with E-state index in [0.717, 1.165) is 21.9 Å². The van der Waals surface area contributed by atoms with Gasteiger partial charge in [0.1, 0.15) is 0 Å². The summed E-state index contributed by atoms with van der Waals surface area (Å²) in [6.07, 6.45) is 3.35. The SMILES string of the molecule is CC(C)SOC1C=Cc2cc3ccccc3cc2C1=O. The molecule has 3 heteroatoms. The van der Waals surface area contributed by atoms with Gasteiger partial charge in [-0.2, -0.15) is 0 Å². The van der Waals surface area contributed by atoms with Crippen LogP contribution in [-0.4, -0.2) is 17.1 Å². The highest BCUT2D eigenvalue weighted by Gasteiger charge is 2.25. The number of fused-ring (bicyclic) bond motifs is 2. The van der Waals surface area contributed by atoms with E-state index in [0.29, 0.717) is 5.25 Å². The lowest BCUT2D eigenvalue weighted by atomic mass is 9.91. The fourth-order valence-electron chi connectivity index (χ4n) is 2.29. The Morgan fingerprint density at radius 1 is 1.15 bits per heavy atom. The first-order chi connectivity index (χ1) is 9.65. The number of rotatable bonds is 3. The van der Waals surface area contributed by atoms with E-state index < -0.39 is 6.10 Å². The predicted molar refractivity (Wildman–Crippen MR) is 84.9 cm³/mol. The maximum Gasteiger partial charge on any atom is 0.197 e. The summed E-state index contributed by atoms with van der Waals surface area (Å²) in [6, 6.07) is 12.1. The first-order valence-corrected chi connectivity index (χ1v) is 7.53. The molecule has 0 bridgehead atoms. The van der Waals surface area contributed by atoms with Crippen LogP contribution in [0.3, 0.4) is 0 Å². The van der Waals surface area contributed by atoms with Crippen molar-refractivity contribution in [2.24, 2.45) is 0 Å². The molecule has 2 nitrogen and oxygen atoms in total. The second-order valence-electron chi connectivity index (χ2n) is 5.17. The van der Waals surface area contributed by atoms with Crippen LogP contribution >= 0.6 is 12.0 Å². The Morgan fingerprint density at radius 3 is 2.55 bits per heavy atom. The molecule has 0 spiro atoms. The maximum atomic E-state index is 12.5. The first-order valence-electron chi connectivity index (χ1n) is 6.72. The zero-order valence-corrected chi connectivity index (χ0v) is 12.3. The van der Waals surface area contributed by atoms with Crippen molar-refractivity contribution in [2.75, 3.05) is 0 Å².